The Morgan fingerprint density at radius 3 is 2.29 bits per heavy atom. The predicted octanol–water partition coefficient (Wildman–Crippen LogP) is 3.27. The Morgan fingerprint density at radius 2 is 1.82 bits per heavy atom. The molecular weight excluding hydrogens is 230 g/mol. The van der Waals surface area contributed by atoms with Gasteiger partial charge in [-0.15, -0.1) is 6.58 Å². The van der Waals surface area contributed by atoms with E-state index < -0.39 is 11.0 Å². The van der Waals surface area contributed by atoms with Crippen LogP contribution in [0.25, 0.3) is 0 Å². The minimum atomic E-state index is -0.878. The lowest BCUT2D eigenvalue weighted by atomic mass is 9.86. The van der Waals surface area contributed by atoms with Crippen molar-refractivity contribution in [1.82, 2.24) is 4.31 Å². The molecule has 0 amide bonds. The van der Waals surface area contributed by atoms with Crippen LogP contribution in [0.5, 0.6) is 0 Å². The summed E-state index contributed by atoms with van der Waals surface area (Å²) in [6, 6.07) is 0.867. The summed E-state index contributed by atoms with van der Waals surface area (Å²) in [6.07, 6.45) is 8.69. The van der Waals surface area contributed by atoms with Gasteiger partial charge < -0.3 is 0 Å². The van der Waals surface area contributed by atoms with Crippen molar-refractivity contribution in [2.24, 2.45) is 5.92 Å². The van der Waals surface area contributed by atoms with Crippen LogP contribution in [0.3, 0.4) is 0 Å². The van der Waals surface area contributed by atoms with Gasteiger partial charge >= 0.3 is 0 Å². The zero-order valence-electron chi connectivity index (χ0n) is 11.3. The van der Waals surface area contributed by atoms with Crippen LogP contribution >= 0.6 is 0 Å². The van der Waals surface area contributed by atoms with Gasteiger partial charge in [-0.05, 0) is 39.5 Å². The summed E-state index contributed by atoms with van der Waals surface area (Å²) < 4.78 is 14.5. The molecule has 0 bridgehead atoms. The average molecular weight is 255 g/mol. The van der Waals surface area contributed by atoms with Crippen LogP contribution in [-0.4, -0.2) is 25.3 Å². The van der Waals surface area contributed by atoms with Crippen LogP contribution in [0.1, 0.15) is 52.9 Å². The van der Waals surface area contributed by atoms with E-state index in [1.165, 1.54) is 32.1 Å². The molecule has 2 rings (SSSR count). The lowest BCUT2D eigenvalue weighted by Crippen LogP contribution is -2.30. The summed E-state index contributed by atoms with van der Waals surface area (Å²) in [5.41, 5.74) is 0. The lowest BCUT2D eigenvalue weighted by Gasteiger charge is -2.23. The first-order valence-electron chi connectivity index (χ1n) is 6.79. The van der Waals surface area contributed by atoms with E-state index in [1.54, 1.807) is 0 Å². The number of hydrogen-bond donors (Lipinski definition) is 0. The fraction of sp³-hybridized carbons (Fsp3) is 0.857. The molecule has 0 aromatic carbocycles. The Hall–Kier alpha value is -0.150. The van der Waals surface area contributed by atoms with Crippen LogP contribution in [-0.2, 0) is 11.0 Å². The molecule has 1 aliphatic heterocycles. The van der Waals surface area contributed by atoms with Crippen LogP contribution in [0.15, 0.2) is 12.7 Å². The minimum Gasteiger partial charge on any atom is -0.242 e. The van der Waals surface area contributed by atoms with Crippen LogP contribution < -0.4 is 0 Å². The Balaban J connectivity index is 2.04. The molecule has 0 spiro atoms. The smallest absolute Gasteiger partial charge is 0.101 e. The zero-order chi connectivity index (χ0) is 12.6. The van der Waals surface area contributed by atoms with Crippen molar-refractivity contribution < 1.29 is 4.21 Å². The highest BCUT2D eigenvalue weighted by Crippen LogP contribution is 2.44. The molecule has 98 valence electrons. The molecule has 0 radical (unpaired) electrons. The van der Waals surface area contributed by atoms with Gasteiger partial charge in [-0.1, -0.05) is 25.3 Å². The molecule has 1 aliphatic carbocycles. The standard InChI is InChI=1S/C14H25NOS/c1-5-12-13(11-9-7-6-8-10-11)15(12)17(16)14(2,3)4/h5,11-13H,1,6-10H2,2-4H3/t12-,13-,15?,17+/m0/s1. The van der Waals surface area contributed by atoms with Crippen molar-refractivity contribution in [1.29, 1.82) is 0 Å². The number of hydrogen-bond acceptors (Lipinski definition) is 1. The van der Waals surface area contributed by atoms with Gasteiger partial charge in [-0.25, -0.2) is 8.51 Å². The summed E-state index contributed by atoms with van der Waals surface area (Å²) in [6.45, 7) is 10.1. The van der Waals surface area contributed by atoms with Crippen LogP contribution in [0, 0.1) is 5.92 Å². The monoisotopic (exact) mass is 255 g/mol. The fourth-order valence-electron chi connectivity index (χ4n) is 2.99. The van der Waals surface area contributed by atoms with E-state index in [9.17, 15) is 4.21 Å². The SMILES string of the molecule is C=C[C@H]1[C@H](C2CCCCC2)N1[S@](=O)C(C)(C)C. The molecule has 4 atom stereocenters. The normalized spacial score (nSPS) is 36.5. The molecule has 3 heteroatoms. The van der Waals surface area contributed by atoms with E-state index in [0.29, 0.717) is 12.1 Å². The third-order valence-electron chi connectivity index (χ3n) is 3.94. The highest BCUT2D eigenvalue weighted by atomic mass is 32.2. The molecule has 0 N–H and O–H groups in total. The van der Waals surface area contributed by atoms with E-state index >= 15 is 0 Å². The fourth-order valence-corrected chi connectivity index (χ4v) is 4.52. The Morgan fingerprint density at radius 1 is 1.24 bits per heavy atom. The first kappa shape index (κ1) is 13.3. The topological polar surface area (TPSA) is 20.1 Å². The number of nitrogens with zero attached hydrogens (tertiary/aromatic N) is 1. The van der Waals surface area contributed by atoms with Gasteiger partial charge in [-0.3, -0.25) is 0 Å². The van der Waals surface area contributed by atoms with Gasteiger partial charge in [0.05, 0.1) is 10.8 Å². The van der Waals surface area contributed by atoms with Crippen LogP contribution in [0.2, 0.25) is 0 Å². The summed E-state index contributed by atoms with van der Waals surface area (Å²) in [5, 5.41) is 0. The molecule has 1 heterocycles. The molecule has 0 aromatic rings. The van der Waals surface area contributed by atoms with Crippen molar-refractivity contribution in [2.45, 2.75) is 69.7 Å². The van der Waals surface area contributed by atoms with Gasteiger partial charge in [-0.2, -0.15) is 0 Å². The average Bonchev–Trinajstić information content (AvgIpc) is 3.02. The molecule has 1 unspecified atom stereocenters. The largest absolute Gasteiger partial charge is 0.242 e. The lowest BCUT2D eigenvalue weighted by molar-refractivity contribution is 0.337. The second-order valence-corrected chi connectivity index (χ2v) is 8.48. The maximum atomic E-state index is 12.4. The third-order valence-corrected chi connectivity index (χ3v) is 5.86. The maximum Gasteiger partial charge on any atom is 0.101 e. The predicted molar refractivity (Wildman–Crippen MR) is 74.1 cm³/mol. The molecule has 2 aliphatic rings. The molecule has 0 aromatic heterocycles. The Bertz CT molecular complexity index is 315. The summed E-state index contributed by atoms with van der Waals surface area (Å²) >= 11 is 0. The molecule has 2 nitrogen and oxygen atoms in total. The second kappa shape index (κ2) is 4.85. The third kappa shape index (κ3) is 2.65. The molecule has 17 heavy (non-hydrogen) atoms. The van der Waals surface area contributed by atoms with Gasteiger partial charge in [0.15, 0.2) is 0 Å². The first-order chi connectivity index (χ1) is 7.96. The van der Waals surface area contributed by atoms with Gasteiger partial charge in [0.25, 0.3) is 0 Å². The van der Waals surface area contributed by atoms with E-state index in [4.69, 9.17) is 0 Å². The van der Waals surface area contributed by atoms with Gasteiger partial charge in [0.2, 0.25) is 0 Å². The van der Waals surface area contributed by atoms with Gasteiger partial charge in [0.1, 0.15) is 11.0 Å². The quantitative estimate of drug-likeness (QED) is 0.560. The minimum absolute atomic E-state index is 0.148. The molecule has 1 saturated carbocycles. The molecule has 2 fully saturated rings. The van der Waals surface area contributed by atoms with Crippen LogP contribution in [0.4, 0.5) is 0 Å². The van der Waals surface area contributed by atoms with E-state index in [-0.39, 0.29) is 4.75 Å². The maximum absolute atomic E-state index is 12.4. The van der Waals surface area contributed by atoms with Crippen molar-refractivity contribution in [3.63, 3.8) is 0 Å². The highest BCUT2D eigenvalue weighted by molar-refractivity contribution is 7.84. The Kier molecular flexibility index (Phi) is 3.79. The summed E-state index contributed by atoms with van der Waals surface area (Å²) in [7, 11) is -0.878. The molecule has 1 saturated heterocycles. The second-order valence-electron chi connectivity index (χ2n) is 6.34. The van der Waals surface area contributed by atoms with E-state index in [0.717, 1.165) is 5.92 Å². The zero-order valence-corrected chi connectivity index (χ0v) is 12.1. The number of rotatable bonds is 3. The highest BCUT2D eigenvalue weighted by Gasteiger charge is 2.55. The van der Waals surface area contributed by atoms with Gasteiger partial charge in [0, 0.05) is 6.04 Å². The Labute approximate surface area is 108 Å². The van der Waals surface area contributed by atoms with E-state index in [2.05, 4.69) is 31.7 Å². The van der Waals surface area contributed by atoms with E-state index in [1.807, 2.05) is 6.08 Å². The van der Waals surface area contributed by atoms with Crippen molar-refractivity contribution in [3.05, 3.63) is 12.7 Å². The first-order valence-corrected chi connectivity index (χ1v) is 7.90. The molecular formula is C14H25NOS. The van der Waals surface area contributed by atoms with Crippen molar-refractivity contribution in [2.75, 3.05) is 0 Å². The summed E-state index contributed by atoms with van der Waals surface area (Å²) in [4.78, 5) is 0. The van der Waals surface area contributed by atoms with Crippen molar-refractivity contribution >= 4 is 11.0 Å². The van der Waals surface area contributed by atoms with Crippen molar-refractivity contribution in [3.8, 4) is 0 Å². The summed E-state index contributed by atoms with van der Waals surface area (Å²) in [5.74, 6) is 0.748.